The quantitative estimate of drug-likeness (QED) is 0.469. The average molecular weight is 437 g/mol. The van der Waals surface area contributed by atoms with Gasteiger partial charge in [0.05, 0.1) is 31.0 Å². The number of hydrogen-bond acceptors (Lipinski definition) is 4. The molecule has 7 heteroatoms. The molecule has 6 nitrogen and oxygen atoms in total. The third kappa shape index (κ3) is 4.67. The molecule has 2 N–H and O–H groups in total. The first-order valence-corrected chi connectivity index (χ1v) is 10.9. The van der Waals surface area contributed by atoms with Gasteiger partial charge >= 0.3 is 0 Å². The minimum Gasteiger partial charge on any atom is -0.377 e. The van der Waals surface area contributed by atoms with Gasteiger partial charge in [-0.2, -0.15) is 0 Å². The van der Waals surface area contributed by atoms with Gasteiger partial charge in [-0.25, -0.2) is 9.38 Å². The Hall–Kier alpha value is -3.19. The number of nitrogens with zero attached hydrogens (tertiary/aromatic N) is 3. The van der Waals surface area contributed by atoms with Crippen LogP contribution in [0.15, 0.2) is 64.1 Å². The number of hydrogen-bond donors (Lipinski definition) is 1. The summed E-state index contributed by atoms with van der Waals surface area (Å²) in [4.78, 5) is 6.56. The third-order valence-electron chi connectivity index (χ3n) is 5.93. The number of halogens is 1. The molecule has 1 aromatic heterocycles. The summed E-state index contributed by atoms with van der Waals surface area (Å²) < 4.78 is 25.8. The Morgan fingerprint density at radius 3 is 2.56 bits per heavy atom. The van der Waals surface area contributed by atoms with Crippen LogP contribution in [0.3, 0.4) is 0 Å². The minimum atomic E-state index is -0.254. The molecule has 4 rings (SSSR count). The molecule has 0 saturated carbocycles. The van der Waals surface area contributed by atoms with Crippen molar-refractivity contribution in [3.63, 3.8) is 0 Å². The molecule has 0 radical (unpaired) electrons. The molecular weight excluding hydrogens is 407 g/mol. The predicted octanol–water partition coefficient (Wildman–Crippen LogP) is 4.56. The lowest BCUT2D eigenvalue weighted by Crippen LogP contribution is -2.55. The van der Waals surface area contributed by atoms with E-state index in [0.29, 0.717) is 37.0 Å². The molecule has 32 heavy (non-hydrogen) atoms. The first-order valence-electron chi connectivity index (χ1n) is 10.9. The Labute approximate surface area is 187 Å². The average Bonchev–Trinajstić information content (AvgIpc) is 3.26. The summed E-state index contributed by atoms with van der Waals surface area (Å²) in [6.45, 7) is 7.66. The van der Waals surface area contributed by atoms with Crippen LogP contribution < -0.4 is 5.73 Å². The number of ether oxygens (including phenoxy) is 1. The number of morpholine rings is 1. The molecule has 1 saturated heterocycles. The van der Waals surface area contributed by atoms with E-state index in [-0.39, 0.29) is 23.8 Å². The molecule has 1 aliphatic rings. The van der Waals surface area contributed by atoms with Gasteiger partial charge in [0, 0.05) is 17.5 Å². The van der Waals surface area contributed by atoms with Crippen molar-refractivity contribution in [3.8, 4) is 11.1 Å². The summed E-state index contributed by atoms with van der Waals surface area (Å²) in [6.07, 6.45) is 0. The molecule has 3 atom stereocenters. The lowest BCUT2D eigenvalue weighted by Gasteiger charge is -2.39. The first kappa shape index (κ1) is 22.0. The highest BCUT2D eigenvalue weighted by Crippen LogP contribution is 2.29. The topological polar surface area (TPSA) is 76.9 Å². The number of rotatable bonds is 5. The highest BCUT2D eigenvalue weighted by Gasteiger charge is 2.27. The van der Waals surface area contributed by atoms with Gasteiger partial charge in [0.2, 0.25) is 0 Å². The fourth-order valence-corrected chi connectivity index (χ4v) is 4.13. The molecule has 0 bridgehead atoms. The highest BCUT2D eigenvalue weighted by molar-refractivity contribution is 5.78. The molecule has 168 valence electrons. The van der Waals surface area contributed by atoms with E-state index in [2.05, 4.69) is 28.9 Å². The molecule has 1 fully saturated rings. The van der Waals surface area contributed by atoms with Gasteiger partial charge < -0.3 is 19.9 Å². The van der Waals surface area contributed by atoms with E-state index in [4.69, 9.17) is 15.0 Å². The van der Waals surface area contributed by atoms with E-state index in [0.717, 1.165) is 16.8 Å². The van der Waals surface area contributed by atoms with Gasteiger partial charge in [0.1, 0.15) is 12.4 Å². The number of aliphatic imine (C=N–C) groups is 1. The van der Waals surface area contributed by atoms with Crippen LogP contribution in [-0.2, 0) is 11.3 Å². The van der Waals surface area contributed by atoms with Gasteiger partial charge in [-0.15, -0.1) is 0 Å². The van der Waals surface area contributed by atoms with Crippen LogP contribution in [0.1, 0.15) is 43.7 Å². The summed E-state index contributed by atoms with van der Waals surface area (Å²) in [6, 6.07) is 17.0. The van der Waals surface area contributed by atoms with Crippen LogP contribution in [0, 0.1) is 5.82 Å². The van der Waals surface area contributed by atoms with Crippen molar-refractivity contribution in [3.05, 3.63) is 77.4 Å². The fraction of sp³-hybridized carbons (Fsp3) is 0.360. The van der Waals surface area contributed by atoms with Gasteiger partial charge in [0.15, 0.2) is 11.7 Å². The van der Waals surface area contributed by atoms with Crippen LogP contribution in [0.25, 0.3) is 11.1 Å². The SMILES string of the molecule is CC(c1ccc(-c2ccccc2)c(F)c1)c1cc(CN=C(N)N2C(C)COCC2C)on1. The van der Waals surface area contributed by atoms with Crippen LogP contribution in [0.4, 0.5) is 4.39 Å². The zero-order valence-corrected chi connectivity index (χ0v) is 18.7. The van der Waals surface area contributed by atoms with E-state index < -0.39 is 0 Å². The summed E-state index contributed by atoms with van der Waals surface area (Å²) in [5, 5.41) is 4.18. The molecule has 2 aromatic carbocycles. The molecule has 2 heterocycles. The maximum atomic E-state index is 14.8. The van der Waals surface area contributed by atoms with E-state index in [1.54, 1.807) is 6.07 Å². The van der Waals surface area contributed by atoms with Crippen molar-refractivity contribution in [1.82, 2.24) is 10.1 Å². The predicted molar refractivity (Wildman–Crippen MR) is 123 cm³/mol. The Morgan fingerprint density at radius 2 is 1.88 bits per heavy atom. The second-order valence-electron chi connectivity index (χ2n) is 8.36. The Balaban J connectivity index is 1.46. The summed E-state index contributed by atoms with van der Waals surface area (Å²) in [5.74, 6) is 0.713. The van der Waals surface area contributed by atoms with E-state index in [9.17, 15) is 4.39 Å². The Kier molecular flexibility index (Phi) is 6.55. The zero-order chi connectivity index (χ0) is 22.7. The molecular formula is C25H29FN4O2. The molecule has 0 amide bonds. The highest BCUT2D eigenvalue weighted by atomic mass is 19.1. The van der Waals surface area contributed by atoms with E-state index >= 15 is 0 Å². The first-order chi connectivity index (χ1) is 15.4. The van der Waals surface area contributed by atoms with Gasteiger partial charge in [-0.1, -0.05) is 54.5 Å². The molecule has 3 unspecified atom stereocenters. The minimum absolute atomic E-state index is 0.118. The molecule has 1 aliphatic heterocycles. The summed E-state index contributed by atoms with van der Waals surface area (Å²) in [7, 11) is 0. The number of aromatic nitrogens is 1. The number of nitrogens with two attached hydrogens (primary N) is 1. The second kappa shape index (κ2) is 9.53. The smallest absolute Gasteiger partial charge is 0.192 e. The molecule has 3 aromatic rings. The van der Waals surface area contributed by atoms with Crippen LogP contribution in [0.5, 0.6) is 0 Å². The van der Waals surface area contributed by atoms with Crippen LogP contribution in [0.2, 0.25) is 0 Å². The largest absolute Gasteiger partial charge is 0.377 e. The van der Waals surface area contributed by atoms with Crippen molar-refractivity contribution in [2.24, 2.45) is 10.7 Å². The Bertz CT molecular complexity index is 1070. The van der Waals surface area contributed by atoms with Gasteiger partial charge in [-0.3, -0.25) is 0 Å². The standard InChI is InChI=1S/C25H29FN4O2/c1-16-14-31-15-17(2)30(16)25(27)28-13-21-12-24(29-32-21)18(3)20-9-10-22(23(26)11-20)19-7-5-4-6-8-19/h4-12,16-18H,13-15H2,1-3H3,(H2,27,28). The lowest BCUT2D eigenvalue weighted by atomic mass is 9.94. The number of guanidine groups is 1. The van der Waals surface area contributed by atoms with Gasteiger partial charge in [0.25, 0.3) is 0 Å². The second-order valence-corrected chi connectivity index (χ2v) is 8.36. The maximum absolute atomic E-state index is 14.8. The van der Waals surface area contributed by atoms with Crippen LogP contribution in [-0.4, -0.2) is 41.3 Å². The fourth-order valence-electron chi connectivity index (χ4n) is 4.13. The summed E-state index contributed by atoms with van der Waals surface area (Å²) in [5.41, 5.74) is 9.23. The van der Waals surface area contributed by atoms with Crippen molar-refractivity contribution in [2.75, 3.05) is 13.2 Å². The number of benzene rings is 2. The van der Waals surface area contributed by atoms with E-state index in [1.807, 2.05) is 55.5 Å². The maximum Gasteiger partial charge on any atom is 0.192 e. The monoisotopic (exact) mass is 436 g/mol. The van der Waals surface area contributed by atoms with Crippen molar-refractivity contribution >= 4 is 5.96 Å². The van der Waals surface area contributed by atoms with Crippen LogP contribution >= 0.6 is 0 Å². The summed E-state index contributed by atoms with van der Waals surface area (Å²) >= 11 is 0. The molecule has 0 spiro atoms. The molecule has 0 aliphatic carbocycles. The lowest BCUT2D eigenvalue weighted by molar-refractivity contribution is -0.00140. The van der Waals surface area contributed by atoms with Crippen molar-refractivity contribution in [2.45, 2.75) is 45.3 Å². The Morgan fingerprint density at radius 1 is 1.16 bits per heavy atom. The van der Waals surface area contributed by atoms with Gasteiger partial charge in [-0.05, 0) is 31.0 Å². The van der Waals surface area contributed by atoms with Crippen molar-refractivity contribution < 1.29 is 13.7 Å². The van der Waals surface area contributed by atoms with Crippen molar-refractivity contribution in [1.29, 1.82) is 0 Å². The third-order valence-corrected chi connectivity index (χ3v) is 5.93. The normalized spacial score (nSPS) is 20.4. The van der Waals surface area contributed by atoms with E-state index in [1.165, 1.54) is 0 Å². The zero-order valence-electron chi connectivity index (χ0n) is 18.7.